The van der Waals surface area contributed by atoms with Crippen molar-refractivity contribution in [2.45, 2.75) is 37.8 Å². The van der Waals surface area contributed by atoms with Crippen molar-refractivity contribution in [2.24, 2.45) is 11.8 Å². The molecule has 7 heteroatoms. The third-order valence-corrected chi connectivity index (χ3v) is 8.04. The maximum absolute atomic E-state index is 13.8. The number of aryl methyl sites for hydroxylation is 1. The van der Waals surface area contributed by atoms with Gasteiger partial charge in [0.05, 0.1) is 11.8 Å². The molecule has 0 saturated carbocycles. The molecule has 6 rings (SSSR count). The summed E-state index contributed by atoms with van der Waals surface area (Å²) in [4.78, 5) is 44.6. The largest absolute Gasteiger partial charge is 0.324 e. The zero-order valence-electron chi connectivity index (χ0n) is 17.8. The number of rotatable bonds is 3. The smallest absolute Gasteiger partial charge is 0.250 e. The van der Waals surface area contributed by atoms with E-state index in [2.05, 4.69) is 10.2 Å². The maximum Gasteiger partial charge on any atom is 0.250 e. The van der Waals surface area contributed by atoms with Crippen LogP contribution >= 0.6 is 11.6 Å². The molecular weight excluding hydrogens is 426 g/mol. The monoisotopic (exact) mass is 449 g/mol. The van der Waals surface area contributed by atoms with E-state index in [-0.39, 0.29) is 23.8 Å². The Morgan fingerprint density at radius 3 is 2.69 bits per heavy atom. The molecule has 6 nitrogen and oxygen atoms in total. The average molecular weight is 450 g/mol. The van der Waals surface area contributed by atoms with Crippen molar-refractivity contribution in [3.63, 3.8) is 0 Å². The molecule has 4 atom stereocenters. The quantitative estimate of drug-likeness (QED) is 0.731. The highest BCUT2D eigenvalue weighted by Gasteiger charge is 2.74. The van der Waals surface area contributed by atoms with Crippen molar-refractivity contribution in [2.75, 3.05) is 18.4 Å². The first-order valence-corrected chi connectivity index (χ1v) is 11.6. The van der Waals surface area contributed by atoms with Crippen molar-refractivity contribution in [1.82, 2.24) is 9.80 Å². The molecule has 4 aliphatic heterocycles. The third kappa shape index (κ3) is 2.42. The molecule has 1 spiro atoms. The molecule has 2 aromatic carbocycles. The predicted molar refractivity (Wildman–Crippen MR) is 120 cm³/mol. The van der Waals surface area contributed by atoms with Crippen LogP contribution < -0.4 is 5.32 Å². The molecule has 0 aliphatic carbocycles. The molecular formula is C25H24ClN3O3. The summed E-state index contributed by atoms with van der Waals surface area (Å²) >= 11 is 6.42. The van der Waals surface area contributed by atoms with E-state index in [1.807, 2.05) is 49.4 Å². The van der Waals surface area contributed by atoms with Crippen LogP contribution in [0, 0.1) is 18.8 Å². The van der Waals surface area contributed by atoms with Gasteiger partial charge in [0.2, 0.25) is 17.7 Å². The second-order valence-corrected chi connectivity index (χ2v) is 9.77. The van der Waals surface area contributed by atoms with Crippen molar-refractivity contribution >= 4 is 35.0 Å². The number of amides is 3. The second kappa shape index (κ2) is 6.90. The first kappa shape index (κ1) is 19.9. The van der Waals surface area contributed by atoms with Gasteiger partial charge in [0, 0.05) is 28.9 Å². The SMILES string of the molecule is Cc1cc(Cl)cc2c1NC(=O)C21C2C(=O)N(CCc3ccccc3)C(=O)C2C2CCCN21. The van der Waals surface area contributed by atoms with E-state index < -0.39 is 17.4 Å². The molecule has 3 amide bonds. The van der Waals surface area contributed by atoms with Crippen molar-refractivity contribution < 1.29 is 14.4 Å². The first-order valence-electron chi connectivity index (χ1n) is 11.2. The number of nitrogens with zero attached hydrogens (tertiary/aromatic N) is 2. The molecule has 0 radical (unpaired) electrons. The predicted octanol–water partition coefficient (Wildman–Crippen LogP) is 3.12. The zero-order valence-corrected chi connectivity index (χ0v) is 18.6. The highest BCUT2D eigenvalue weighted by Crippen LogP contribution is 2.61. The summed E-state index contributed by atoms with van der Waals surface area (Å²) in [5.74, 6) is -1.77. The normalized spacial score (nSPS) is 30.8. The highest BCUT2D eigenvalue weighted by molar-refractivity contribution is 6.31. The number of anilines is 1. The van der Waals surface area contributed by atoms with E-state index in [1.165, 1.54) is 4.90 Å². The molecule has 1 N–H and O–H groups in total. The lowest BCUT2D eigenvalue weighted by Crippen LogP contribution is -2.54. The number of likely N-dealkylation sites (tertiary alicyclic amines) is 1. The fourth-order valence-corrected chi connectivity index (χ4v) is 6.87. The van der Waals surface area contributed by atoms with Crippen molar-refractivity contribution in [3.05, 3.63) is 64.2 Å². The lowest BCUT2D eigenvalue weighted by Gasteiger charge is -2.36. The van der Waals surface area contributed by atoms with Gasteiger partial charge in [-0.25, -0.2) is 0 Å². The Balaban J connectivity index is 1.44. The van der Waals surface area contributed by atoms with Gasteiger partial charge in [-0.05, 0) is 56.0 Å². The number of halogens is 1. The van der Waals surface area contributed by atoms with E-state index in [0.717, 1.165) is 35.2 Å². The van der Waals surface area contributed by atoms with Gasteiger partial charge in [-0.3, -0.25) is 24.2 Å². The van der Waals surface area contributed by atoms with Crippen LogP contribution in [-0.4, -0.2) is 46.7 Å². The number of carbonyl (C=O) groups excluding carboxylic acids is 3. The molecule has 0 aromatic heterocycles. The summed E-state index contributed by atoms with van der Waals surface area (Å²) in [6.45, 7) is 2.94. The van der Waals surface area contributed by atoms with Gasteiger partial charge in [-0.1, -0.05) is 41.9 Å². The fourth-order valence-electron chi connectivity index (χ4n) is 6.60. The van der Waals surface area contributed by atoms with Gasteiger partial charge in [-0.15, -0.1) is 0 Å². The van der Waals surface area contributed by atoms with Gasteiger partial charge < -0.3 is 5.32 Å². The van der Waals surface area contributed by atoms with Gasteiger partial charge in [0.25, 0.3) is 0 Å². The lowest BCUT2D eigenvalue weighted by molar-refractivity contribution is -0.145. The number of nitrogens with one attached hydrogen (secondary N) is 1. The van der Waals surface area contributed by atoms with E-state index in [0.29, 0.717) is 24.5 Å². The third-order valence-electron chi connectivity index (χ3n) is 7.82. The van der Waals surface area contributed by atoms with Gasteiger partial charge in [-0.2, -0.15) is 0 Å². The second-order valence-electron chi connectivity index (χ2n) is 9.34. The minimum absolute atomic E-state index is 0.103. The van der Waals surface area contributed by atoms with Gasteiger partial charge in [0.1, 0.15) is 5.54 Å². The Labute approximate surface area is 191 Å². The van der Waals surface area contributed by atoms with E-state index in [1.54, 1.807) is 0 Å². The number of hydrogen-bond donors (Lipinski definition) is 1. The van der Waals surface area contributed by atoms with Crippen LogP contribution in [-0.2, 0) is 26.3 Å². The highest BCUT2D eigenvalue weighted by atomic mass is 35.5. The first-order chi connectivity index (χ1) is 15.4. The van der Waals surface area contributed by atoms with Crippen LogP contribution in [0.2, 0.25) is 5.02 Å². The van der Waals surface area contributed by atoms with Crippen LogP contribution in [0.25, 0.3) is 0 Å². The lowest BCUT2D eigenvalue weighted by atomic mass is 9.75. The minimum atomic E-state index is -1.16. The van der Waals surface area contributed by atoms with Crippen LogP contribution in [0.5, 0.6) is 0 Å². The van der Waals surface area contributed by atoms with E-state index in [9.17, 15) is 14.4 Å². The Hall–Kier alpha value is -2.70. The average Bonchev–Trinajstić information content (AvgIpc) is 3.47. The van der Waals surface area contributed by atoms with Gasteiger partial charge in [0.15, 0.2) is 0 Å². The van der Waals surface area contributed by atoms with E-state index in [4.69, 9.17) is 11.6 Å². The number of fused-ring (bicyclic) bond motifs is 7. The molecule has 3 saturated heterocycles. The molecule has 32 heavy (non-hydrogen) atoms. The summed E-state index contributed by atoms with van der Waals surface area (Å²) in [6.07, 6.45) is 2.33. The maximum atomic E-state index is 13.8. The Bertz CT molecular complexity index is 1170. The summed E-state index contributed by atoms with van der Waals surface area (Å²) in [5.41, 5.74) is 2.26. The molecule has 2 aromatic rings. The standard InChI is InChI=1S/C25H24ClN3O3/c1-14-12-16(26)13-17-21(14)27-24(32)25(17)20-19(18-8-5-10-29(18)25)22(30)28(23(20)31)11-9-15-6-3-2-4-7-15/h2-4,6-7,12-13,18-20H,5,8-11H2,1H3,(H,27,32). The molecule has 164 valence electrons. The molecule has 0 bridgehead atoms. The molecule has 4 heterocycles. The van der Waals surface area contributed by atoms with Crippen molar-refractivity contribution in [1.29, 1.82) is 0 Å². The summed E-state index contributed by atoms with van der Waals surface area (Å²) in [7, 11) is 0. The fraction of sp³-hybridized carbons (Fsp3) is 0.400. The Kier molecular flexibility index (Phi) is 4.30. The number of hydrogen-bond acceptors (Lipinski definition) is 4. The van der Waals surface area contributed by atoms with Crippen molar-refractivity contribution in [3.8, 4) is 0 Å². The minimum Gasteiger partial charge on any atom is -0.324 e. The number of benzene rings is 2. The molecule has 4 aliphatic rings. The summed E-state index contributed by atoms with van der Waals surface area (Å²) in [6, 6.07) is 13.4. The van der Waals surface area contributed by atoms with E-state index >= 15 is 0 Å². The topological polar surface area (TPSA) is 69.7 Å². The van der Waals surface area contributed by atoms with Gasteiger partial charge >= 0.3 is 0 Å². The van der Waals surface area contributed by atoms with Crippen LogP contribution in [0.15, 0.2) is 42.5 Å². The molecule has 3 fully saturated rings. The molecule has 4 unspecified atom stereocenters. The Morgan fingerprint density at radius 1 is 1.12 bits per heavy atom. The number of imide groups is 1. The van der Waals surface area contributed by atoms with Crippen LogP contribution in [0.1, 0.15) is 29.5 Å². The Morgan fingerprint density at radius 2 is 1.91 bits per heavy atom. The van der Waals surface area contributed by atoms with Crippen LogP contribution in [0.3, 0.4) is 0 Å². The number of carbonyl (C=O) groups is 3. The zero-order chi connectivity index (χ0) is 22.2. The van der Waals surface area contributed by atoms with Crippen LogP contribution in [0.4, 0.5) is 5.69 Å². The summed E-state index contributed by atoms with van der Waals surface area (Å²) in [5, 5.41) is 3.57. The summed E-state index contributed by atoms with van der Waals surface area (Å²) < 4.78 is 0.